The average molecular weight is 261 g/mol. The molecular weight excluding hydrogens is 234 g/mol. The van der Waals surface area contributed by atoms with Crippen LogP contribution in [0.4, 0.5) is 0 Å². The van der Waals surface area contributed by atoms with Crippen LogP contribution in [0.25, 0.3) is 0 Å². The molecule has 0 aromatic heterocycles. The molecule has 0 bridgehead atoms. The molecule has 106 valence electrons. The standard InChI is InChI=1S/C17H27NO/c1-3-18-17(11-8-12-19-4-2)16-13-15(16)14-9-6-5-7-10-14/h5-7,9-10,15-18H,3-4,8,11-13H2,1-2H3. The van der Waals surface area contributed by atoms with Crippen LogP contribution in [0.3, 0.4) is 0 Å². The van der Waals surface area contributed by atoms with E-state index in [1.807, 2.05) is 0 Å². The van der Waals surface area contributed by atoms with Crippen molar-refractivity contribution in [2.45, 2.75) is 45.1 Å². The SMILES string of the molecule is CCNC(CCCOCC)C1CC1c1ccccc1. The highest BCUT2D eigenvalue weighted by Gasteiger charge is 2.42. The van der Waals surface area contributed by atoms with Crippen LogP contribution >= 0.6 is 0 Å². The molecule has 2 rings (SSSR count). The van der Waals surface area contributed by atoms with E-state index in [0.29, 0.717) is 6.04 Å². The van der Waals surface area contributed by atoms with Crippen LogP contribution in [-0.2, 0) is 4.74 Å². The fraction of sp³-hybridized carbons (Fsp3) is 0.647. The third-order valence-electron chi connectivity index (χ3n) is 4.06. The van der Waals surface area contributed by atoms with Crippen LogP contribution in [0.15, 0.2) is 30.3 Å². The fourth-order valence-corrected chi connectivity index (χ4v) is 3.02. The van der Waals surface area contributed by atoms with Gasteiger partial charge in [0, 0.05) is 19.3 Å². The van der Waals surface area contributed by atoms with E-state index in [-0.39, 0.29) is 0 Å². The van der Waals surface area contributed by atoms with Gasteiger partial charge in [-0.15, -0.1) is 0 Å². The summed E-state index contributed by atoms with van der Waals surface area (Å²) >= 11 is 0. The van der Waals surface area contributed by atoms with Crippen molar-refractivity contribution in [2.24, 2.45) is 5.92 Å². The normalized spacial score (nSPS) is 23.3. The Balaban J connectivity index is 1.80. The van der Waals surface area contributed by atoms with E-state index >= 15 is 0 Å². The number of rotatable bonds is 9. The molecule has 1 aromatic carbocycles. The van der Waals surface area contributed by atoms with Crippen LogP contribution in [-0.4, -0.2) is 25.8 Å². The minimum Gasteiger partial charge on any atom is -0.382 e. The molecular formula is C17H27NO. The number of hydrogen-bond donors (Lipinski definition) is 1. The Hall–Kier alpha value is -0.860. The Morgan fingerprint density at radius 3 is 2.74 bits per heavy atom. The highest BCUT2D eigenvalue weighted by molar-refractivity contribution is 5.26. The molecule has 0 saturated heterocycles. The highest BCUT2D eigenvalue weighted by Crippen LogP contribution is 2.50. The summed E-state index contributed by atoms with van der Waals surface area (Å²) in [5.74, 6) is 1.60. The maximum atomic E-state index is 5.45. The fourth-order valence-electron chi connectivity index (χ4n) is 3.02. The van der Waals surface area contributed by atoms with Crippen LogP contribution in [0, 0.1) is 5.92 Å². The Labute approximate surface area is 117 Å². The third-order valence-corrected chi connectivity index (χ3v) is 4.06. The Morgan fingerprint density at radius 1 is 1.26 bits per heavy atom. The maximum Gasteiger partial charge on any atom is 0.0466 e. The van der Waals surface area contributed by atoms with Gasteiger partial charge in [-0.1, -0.05) is 37.3 Å². The zero-order chi connectivity index (χ0) is 13.5. The molecule has 1 N–H and O–H groups in total. The van der Waals surface area contributed by atoms with Crippen molar-refractivity contribution in [3.63, 3.8) is 0 Å². The summed E-state index contributed by atoms with van der Waals surface area (Å²) in [5, 5.41) is 3.67. The molecule has 2 nitrogen and oxygen atoms in total. The first kappa shape index (κ1) is 14.5. The predicted octanol–water partition coefficient (Wildman–Crippen LogP) is 3.58. The van der Waals surface area contributed by atoms with Crippen molar-refractivity contribution in [3.8, 4) is 0 Å². The van der Waals surface area contributed by atoms with Crippen molar-refractivity contribution in [2.75, 3.05) is 19.8 Å². The summed E-state index contributed by atoms with van der Waals surface area (Å²) in [4.78, 5) is 0. The van der Waals surface area contributed by atoms with Crippen LogP contribution in [0.5, 0.6) is 0 Å². The molecule has 0 aliphatic heterocycles. The second-order valence-electron chi connectivity index (χ2n) is 5.42. The lowest BCUT2D eigenvalue weighted by molar-refractivity contribution is 0.140. The molecule has 1 aliphatic rings. The van der Waals surface area contributed by atoms with Gasteiger partial charge < -0.3 is 10.1 Å². The van der Waals surface area contributed by atoms with Gasteiger partial charge in [-0.3, -0.25) is 0 Å². The smallest absolute Gasteiger partial charge is 0.0466 e. The van der Waals surface area contributed by atoms with Crippen molar-refractivity contribution < 1.29 is 4.74 Å². The number of ether oxygens (including phenoxy) is 1. The summed E-state index contributed by atoms with van der Waals surface area (Å²) in [5.41, 5.74) is 1.51. The van der Waals surface area contributed by atoms with Gasteiger partial charge in [0.25, 0.3) is 0 Å². The lowest BCUT2D eigenvalue weighted by atomic mass is 10.0. The zero-order valence-corrected chi connectivity index (χ0v) is 12.3. The number of benzene rings is 1. The molecule has 0 heterocycles. The average Bonchev–Trinajstić information content (AvgIpc) is 3.24. The maximum absolute atomic E-state index is 5.45. The van der Waals surface area contributed by atoms with E-state index in [9.17, 15) is 0 Å². The highest BCUT2D eigenvalue weighted by atomic mass is 16.5. The van der Waals surface area contributed by atoms with Gasteiger partial charge in [-0.25, -0.2) is 0 Å². The second kappa shape index (κ2) is 7.66. The van der Waals surface area contributed by atoms with E-state index in [4.69, 9.17) is 4.74 Å². The molecule has 3 unspecified atom stereocenters. The molecule has 0 amide bonds. The molecule has 2 heteroatoms. The van der Waals surface area contributed by atoms with Crippen LogP contribution < -0.4 is 5.32 Å². The van der Waals surface area contributed by atoms with Crippen molar-refractivity contribution in [3.05, 3.63) is 35.9 Å². The van der Waals surface area contributed by atoms with Gasteiger partial charge in [0.2, 0.25) is 0 Å². The first-order valence-corrected chi connectivity index (χ1v) is 7.72. The van der Waals surface area contributed by atoms with Gasteiger partial charge in [0.05, 0.1) is 0 Å². The molecule has 1 saturated carbocycles. The molecule has 3 atom stereocenters. The van der Waals surface area contributed by atoms with Crippen LogP contribution in [0.2, 0.25) is 0 Å². The summed E-state index contributed by atoms with van der Waals surface area (Å²) in [6, 6.07) is 11.6. The van der Waals surface area contributed by atoms with Gasteiger partial charge in [-0.2, -0.15) is 0 Å². The Morgan fingerprint density at radius 2 is 2.05 bits per heavy atom. The molecule has 0 radical (unpaired) electrons. The van der Waals surface area contributed by atoms with Gasteiger partial charge in [-0.05, 0) is 50.1 Å². The minimum absolute atomic E-state index is 0.663. The minimum atomic E-state index is 0.663. The molecule has 19 heavy (non-hydrogen) atoms. The second-order valence-corrected chi connectivity index (χ2v) is 5.42. The topological polar surface area (TPSA) is 21.3 Å². The van der Waals surface area contributed by atoms with Crippen LogP contribution in [0.1, 0.15) is 44.6 Å². The lowest BCUT2D eigenvalue weighted by Crippen LogP contribution is -2.31. The van der Waals surface area contributed by atoms with Gasteiger partial charge >= 0.3 is 0 Å². The molecule has 1 aliphatic carbocycles. The van der Waals surface area contributed by atoms with Crippen molar-refractivity contribution in [1.82, 2.24) is 5.32 Å². The lowest BCUT2D eigenvalue weighted by Gasteiger charge is -2.18. The van der Waals surface area contributed by atoms with Crippen molar-refractivity contribution >= 4 is 0 Å². The summed E-state index contributed by atoms with van der Waals surface area (Å²) in [6.45, 7) is 7.07. The zero-order valence-electron chi connectivity index (χ0n) is 12.3. The monoisotopic (exact) mass is 261 g/mol. The van der Waals surface area contributed by atoms with E-state index in [2.05, 4.69) is 49.5 Å². The van der Waals surface area contributed by atoms with E-state index in [1.54, 1.807) is 0 Å². The molecule has 1 aromatic rings. The summed E-state index contributed by atoms with van der Waals surface area (Å²) < 4.78 is 5.45. The molecule has 0 spiro atoms. The largest absolute Gasteiger partial charge is 0.382 e. The van der Waals surface area contributed by atoms with Gasteiger partial charge in [0.1, 0.15) is 0 Å². The van der Waals surface area contributed by atoms with E-state index in [1.165, 1.54) is 24.8 Å². The first-order valence-electron chi connectivity index (χ1n) is 7.72. The number of nitrogens with one attached hydrogen (secondary N) is 1. The van der Waals surface area contributed by atoms with Gasteiger partial charge in [0.15, 0.2) is 0 Å². The van der Waals surface area contributed by atoms with E-state index in [0.717, 1.165) is 31.6 Å². The third kappa shape index (κ3) is 4.32. The summed E-state index contributed by atoms with van der Waals surface area (Å²) in [6.07, 6.45) is 3.75. The van der Waals surface area contributed by atoms with E-state index < -0.39 is 0 Å². The van der Waals surface area contributed by atoms with Crippen molar-refractivity contribution in [1.29, 1.82) is 0 Å². The summed E-state index contributed by atoms with van der Waals surface area (Å²) in [7, 11) is 0. The predicted molar refractivity (Wildman–Crippen MR) is 80.5 cm³/mol. The Bertz CT molecular complexity index is 352. The number of hydrogen-bond acceptors (Lipinski definition) is 2. The first-order chi connectivity index (χ1) is 9.36. The molecule has 1 fully saturated rings. The Kier molecular flexibility index (Phi) is 5.87. The quantitative estimate of drug-likeness (QED) is 0.686.